The summed E-state index contributed by atoms with van der Waals surface area (Å²) < 4.78 is 48.0. The predicted octanol–water partition coefficient (Wildman–Crippen LogP) is 9.18. The Labute approximate surface area is 227 Å². The number of benzene rings is 3. The molecule has 0 spiro atoms. The third-order valence-corrected chi connectivity index (χ3v) is 8.03. The largest absolute Gasteiger partial charge is 0.489 e. The van der Waals surface area contributed by atoms with E-state index in [1.54, 1.807) is 6.07 Å². The number of aliphatic carboxylic acids is 1. The molecular formula is C33H33F3O3. The number of hydrogen-bond donors (Lipinski definition) is 1. The van der Waals surface area contributed by atoms with E-state index < -0.39 is 18.2 Å². The average molecular weight is 535 g/mol. The van der Waals surface area contributed by atoms with E-state index >= 15 is 0 Å². The standard InChI is InChI=1S/C33H33F3O3/c1-33(2)14-4-7-29(33)27-15-20(8-12-25(27)28-17-23(32(35)36)11-13-30(28)34)19-39-24-6-3-5-22(16-24)26(18-31(37)38)21-9-10-21/h3,5-8,11-13,15-17,21,26,32H,4,9-10,14,18-19H2,1-2H3,(H,37,38). The van der Waals surface area contributed by atoms with E-state index in [-0.39, 0.29) is 35.5 Å². The van der Waals surface area contributed by atoms with E-state index in [9.17, 15) is 23.1 Å². The summed E-state index contributed by atoms with van der Waals surface area (Å²) in [6.45, 7) is 4.55. The number of allylic oxidation sites excluding steroid dienone is 2. The molecule has 0 aromatic heterocycles. The zero-order valence-electron chi connectivity index (χ0n) is 22.2. The Kier molecular flexibility index (Phi) is 7.57. The van der Waals surface area contributed by atoms with Gasteiger partial charge in [0, 0.05) is 11.1 Å². The topological polar surface area (TPSA) is 46.5 Å². The van der Waals surface area contributed by atoms with Crippen LogP contribution in [0, 0.1) is 17.2 Å². The van der Waals surface area contributed by atoms with E-state index in [1.807, 2.05) is 36.4 Å². The second-order valence-corrected chi connectivity index (χ2v) is 11.4. The Bertz CT molecular complexity index is 1410. The highest BCUT2D eigenvalue weighted by molar-refractivity contribution is 5.85. The van der Waals surface area contributed by atoms with Crippen LogP contribution in [0.3, 0.4) is 0 Å². The van der Waals surface area contributed by atoms with Crippen molar-refractivity contribution >= 4 is 11.5 Å². The maximum atomic E-state index is 15.0. The summed E-state index contributed by atoms with van der Waals surface area (Å²) in [5.41, 5.74) is 4.15. The van der Waals surface area contributed by atoms with Crippen LogP contribution in [-0.2, 0) is 11.4 Å². The SMILES string of the molecule is CC1(C)CCC=C1c1cc(COc2cccc(C(CC(=O)O)C3CC3)c2)ccc1-c1cc(C(F)F)ccc1F. The summed E-state index contributed by atoms with van der Waals surface area (Å²) in [5.74, 6) is -0.300. The lowest BCUT2D eigenvalue weighted by atomic mass is 9.79. The molecule has 0 amide bonds. The second kappa shape index (κ2) is 10.9. The fraction of sp³-hybridized carbons (Fsp3) is 0.364. The molecule has 0 heterocycles. The monoisotopic (exact) mass is 534 g/mol. The molecule has 2 aliphatic carbocycles. The van der Waals surface area contributed by atoms with Gasteiger partial charge in [-0.3, -0.25) is 4.79 Å². The molecule has 3 aromatic rings. The summed E-state index contributed by atoms with van der Waals surface area (Å²) in [4.78, 5) is 11.4. The maximum absolute atomic E-state index is 15.0. The Morgan fingerprint density at radius 1 is 1.00 bits per heavy atom. The number of carboxylic acid groups (broad SMARTS) is 1. The quantitative estimate of drug-likeness (QED) is 0.282. The van der Waals surface area contributed by atoms with Crippen molar-refractivity contribution in [3.05, 3.63) is 94.8 Å². The molecule has 6 heteroatoms. The number of hydrogen-bond acceptors (Lipinski definition) is 2. The minimum absolute atomic E-state index is 0.0210. The van der Waals surface area contributed by atoms with Gasteiger partial charge < -0.3 is 9.84 Å². The molecule has 1 fully saturated rings. The number of rotatable bonds is 10. The highest BCUT2D eigenvalue weighted by atomic mass is 19.3. The zero-order chi connectivity index (χ0) is 27.7. The summed E-state index contributed by atoms with van der Waals surface area (Å²) in [7, 11) is 0. The van der Waals surface area contributed by atoms with Crippen LogP contribution in [0.15, 0.2) is 66.7 Å². The van der Waals surface area contributed by atoms with Gasteiger partial charge in [0.15, 0.2) is 0 Å². The fourth-order valence-corrected chi connectivity index (χ4v) is 5.73. The molecular weight excluding hydrogens is 501 g/mol. The van der Waals surface area contributed by atoms with Crippen molar-refractivity contribution in [2.24, 2.45) is 11.3 Å². The molecule has 1 unspecified atom stereocenters. The summed E-state index contributed by atoms with van der Waals surface area (Å²) in [6.07, 6.45) is 3.51. The lowest BCUT2D eigenvalue weighted by Crippen LogP contribution is -2.10. The zero-order valence-corrected chi connectivity index (χ0v) is 22.2. The van der Waals surface area contributed by atoms with Crippen LogP contribution < -0.4 is 4.74 Å². The first-order valence-corrected chi connectivity index (χ1v) is 13.5. The first kappa shape index (κ1) is 27.0. The van der Waals surface area contributed by atoms with Crippen LogP contribution >= 0.6 is 0 Å². The Hall–Kier alpha value is -3.54. The molecule has 2 aliphatic rings. The predicted molar refractivity (Wildman–Crippen MR) is 146 cm³/mol. The Balaban J connectivity index is 1.45. The van der Waals surface area contributed by atoms with Gasteiger partial charge in [-0.1, -0.05) is 50.3 Å². The third kappa shape index (κ3) is 6.05. The number of ether oxygens (including phenoxy) is 1. The molecule has 3 aromatic carbocycles. The van der Waals surface area contributed by atoms with Crippen LogP contribution in [-0.4, -0.2) is 11.1 Å². The van der Waals surface area contributed by atoms with Crippen LogP contribution in [0.4, 0.5) is 13.2 Å². The lowest BCUT2D eigenvalue weighted by Gasteiger charge is -2.25. The fourth-order valence-electron chi connectivity index (χ4n) is 5.73. The number of carboxylic acids is 1. The summed E-state index contributed by atoms with van der Waals surface area (Å²) in [6, 6.07) is 16.7. The first-order chi connectivity index (χ1) is 18.6. The van der Waals surface area contributed by atoms with Gasteiger partial charge in [0.1, 0.15) is 18.2 Å². The van der Waals surface area contributed by atoms with Gasteiger partial charge in [-0.05, 0) is 101 Å². The van der Waals surface area contributed by atoms with Crippen LogP contribution in [0.5, 0.6) is 5.75 Å². The van der Waals surface area contributed by atoms with Gasteiger partial charge in [-0.15, -0.1) is 0 Å². The molecule has 0 saturated heterocycles. The molecule has 3 nitrogen and oxygen atoms in total. The molecule has 1 N–H and O–H groups in total. The van der Waals surface area contributed by atoms with Crippen molar-refractivity contribution in [2.75, 3.05) is 0 Å². The average Bonchev–Trinajstić information content (AvgIpc) is 3.68. The molecule has 1 saturated carbocycles. The lowest BCUT2D eigenvalue weighted by molar-refractivity contribution is -0.137. The normalized spacial score (nSPS) is 17.2. The molecule has 5 rings (SSSR count). The van der Waals surface area contributed by atoms with Gasteiger partial charge in [0.2, 0.25) is 0 Å². The van der Waals surface area contributed by atoms with Gasteiger partial charge in [0.05, 0.1) is 6.42 Å². The van der Waals surface area contributed by atoms with Crippen LogP contribution in [0.1, 0.15) is 80.5 Å². The molecule has 0 bridgehead atoms. The van der Waals surface area contributed by atoms with Crippen molar-refractivity contribution in [1.82, 2.24) is 0 Å². The van der Waals surface area contributed by atoms with E-state index in [1.165, 1.54) is 6.07 Å². The minimum Gasteiger partial charge on any atom is -0.489 e. The molecule has 0 radical (unpaired) electrons. The highest BCUT2D eigenvalue weighted by Gasteiger charge is 2.34. The highest BCUT2D eigenvalue weighted by Crippen LogP contribution is 2.48. The van der Waals surface area contributed by atoms with Gasteiger partial charge in [-0.25, -0.2) is 13.2 Å². The van der Waals surface area contributed by atoms with Gasteiger partial charge in [-0.2, -0.15) is 0 Å². The van der Waals surface area contributed by atoms with E-state index in [0.717, 1.165) is 60.1 Å². The van der Waals surface area contributed by atoms with E-state index in [0.29, 0.717) is 17.2 Å². The Morgan fingerprint density at radius 2 is 1.79 bits per heavy atom. The smallest absolute Gasteiger partial charge is 0.303 e. The number of alkyl halides is 2. The molecule has 204 valence electrons. The van der Waals surface area contributed by atoms with Crippen LogP contribution in [0.2, 0.25) is 0 Å². The van der Waals surface area contributed by atoms with Crippen molar-refractivity contribution in [1.29, 1.82) is 0 Å². The third-order valence-electron chi connectivity index (χ3n) is 8.03. The van der Waals surface area contributed by atoms with Gasteiger partial charge in [0.25, 0.3) is 6.43 Å². The van der Waals surface area contributed by atoms with Gasteiger partial charge >= 0.3 is 5.97 Å². The summed E-state index contributed by atoms with van der Waals surface area (Å²) >= 11 is 0. The van der Waals surface area contributed by atoms with E-state index in [2.05, 4.69) is 19.9 Å². The molecule has 39 heavy (non-hydrogen) atoms. The van der Waals surface area contributed by atoms with Crippen molar-refractivity contribution in [3.63, 3.8) is 0 Å². The number of carbonyl (C=O) groups is 1. The Morgan fingerprint density at radius 3 is 2.46 bits per heavy atom. The molecule has 0 aliphatic heterocycles. The number of halogens is 3. The van der Waals surface area contributed by atoms with E-state index in [4.69, 9.17) is 4.74 Å². The van der Waals surface area contributed by atoms with Crippen molar-refractivity contribution < 1.29 is 27.8 Å². The summed E-state index contributed by atoms with van der Waals surface area (Å²) in [5, 5.41) is 9.36. The van der Waals surface area contributed by atoms with Crippen LogP contribution in [0.25, 0.3) is 16.7 Å². The van der Waals surface area contributed by atoms with Crippen molar-refractivity contribution in [3.8, 4) is 16.9 Å². The second-order valence-electron chi connectivity index (χ2n) is 11.4. The maximum Gasteiger partial charge on any atom is 0.303 e. The first-order valence-electron chi connectivity index (χ1n) is 13.5. The van der Waals surface area contributed by atoms with Crippen molar-refractivity contribution in [2.45, 2.75) is 64.9 Å². The molecule has 1 atom stereocenters. The minimum atomic E-state index is -2.69.